The third kappa shape index (κ3) is 5.15. The van der Waals surface area contributed by atoms with Crippen molar-refractivity contribution in [3.05, 3.63) is 72.3 Å². The van der Waals surface area contributed by atoms with Gasteiger partial charge >= 0.3 is 0 Å². The summed E-state index contributed by atoms with van der Waals surface area (Å²) >= 11 is 5.30. The Kier molecular flexibility index (Phi) is 5.95. The van der Waals surface area contributed by atoms with E-state index < -0.39 is 0 Å². The SMILES string of the molecule is COc1cc(Oc2ccccc2)nc(NC(=S)NCc2ccccc2)n1. The molecule has 0 bridgehead atoms. The van der Waals surface area contributed by atoms with E-state index in [4.69, 9.17) is 21.7 Å². The van der Waals surface area contributed by atoms with E-state index in [9.17, 15) is 0 Å². The number of aromatic nitrogens is 2. The highest BCUT2D eigenvalue weighted by atomic mass is 32.1. The minimum Gasteiger partial charge on any atom is -0.481 e. The molecule has 1 heterocycles. The molecule has 0 radical (unpaired) electrons. The Labute approximate surface area is 157 Å². The molecule has 0 aliphatic rings. The molecule has 0 aliphatic heterocycles. The minimum absolute atomic E-state index is 0.292. The van der Waals surface area contributed by atoms with Crippen LogP contribution in [0.15, 0.2) is 66.7 Å². The van der Waals surface area contributed by atoms with Crippen LogP contribution in [-0.2, 0) is 6.54 Å². The number of nitrogens with zero attached hydrogens (tertiary/aromatic N) is 2. The number of hydrogen-bond acceptors (Lipinski definition) is 5. The number of hydrogen-bond donors (Lipinski definition) is 2. The first-order chi connectivity index (χ1) is 12.7. The first kappa shape index (κ1) is 17.6. The van der Waals surface area contributed by atoms with Gasteiger partial charge in [0, 0.05) is 6.54 Å². The highest BCUT2D eigenvalue weighted by Crippen LogP contribution is 2.23. The van der Waals surface area contributed by atoms with Gasteiger partial charge < -0.3 is 20.1 Å². The lowest BCUT2D eigenvalue weighted by Crippen LogP contribution is -2.28. The second-order valence-electron chi connectivity index (χ2n) is 5.28. The quantitative estimate of drug-likeness (QED) is 0.644. The van der Waals surface area contributed by atoms with Crippen LogP contribution in [0.1, 0.15) is 5.56 Å². The average molecular weight is 366 g/mol. The molecule has 0 aliphatic carbocycles. The molecule has 0 fully saturated rings. The normalized spacial score (nSPS) is 10.0. The van der Waals surface area contributed by atoms with Gasteiger partial charge in [-0.1, -0.05) is 48.5 Å². The van der Waals surface area contributed by atoms with Crippen molar-refractivity contribution in [2.75, 3.05) is 12.4 Å². The largest absolute Gasteiger partial charge is 0.481 e. The van der Waals surface area contributed by atoms with Crippen molar-refractivity contribution in [2.24, 2.45) is 0 Å². The molecule has 0 spiro atoms. The van der Waals surface area contributed by atoms with Crippen LogP contribution >= 0.6 is 12.2 Å². The maximum Gasteiger partial charge on any atom is 0.235 e. The van der Waals surface area contributed by atoms with Crippen molar-refractivity contribution < 1.29 is 9.47 Å². The summed E-state index contributed by atoms with van der Waals surface area (Å²) in [5, 5.41) is 6.47. The average Bonchev–Trinajstić information content (AvgIpc) is 2.68. The predicted octanol–water partition coefficient (Wildman–Crippen LogP) is 3.76. The van der Waals surface area contributed by atoms with E-state index in [0.717, 1.165) is 5.56 Å². The first-order valence-corrected chi connectivity index (χ1v) is 8.38. The summed E-state index contributed by atoms with van der Waals surface area (Å²) < 4.78 is 10.9. The summed E-state index contributed by atoms with van der Waals surface area (Å²) in [4.78, 5) is 8.56. The molecule has 7 heteroatoms. The van der Waals surface area contributed by atoms with Gasteiger partial charge in [-0.3, -0.25) is 0 Å². The van der Waals surface area contributed by atoms with Crippen molar-refractivity contribution in [2.45, 2.75) is 6.54 Å². The molecule has 2 aromatic carbocycles. The summed E-state index contributed by atoms with van der Waals surface area (Å²) in [6.07, 6.45) is 0. The van der Waals surface area contributed by atoms with Gasteiger partial charge in [0.05, 0.1) is 13.2 Å². The van der Waals surface area contributed by atoms with Crippen molar-refractivity contribution in [1.29, 1.82) is 0 Å². The van der Waals surface area contributed by atoms with Gasteiger partial charge in [-0.05, 0) is 29.9 Å². The lowest BCUT2D eigenvalue weighted by molar-refractivity contribution is 0.389. The minimum atomic E-state index is 0.292. The lowest BCUT2D eigenvalue weighted by atomic mass is 10.2. The standard InChI is InChI=1S/C19H18N4O2S/c1-24-16-12-17(25-15-10-6-3-7-11-15)22-18(21-16)23-19(26)20-13-14-8-4-2-5-9-14/h2-12H,13H2,1H3,(H2,20,21,22,23,26). The number of anilines is 1. The fourth-order valence-corrected chi connectivity index (χ4v) is 2.31. The fourth-order valence-electron chi connectivity index (χ4n) is 2.15. The van der Waals surface area contributed by atoms with Gasteiger partial charge in [0.25, 0.3) is 0 Å². The topological polar surface area (TPSA) is 68.3 Å². The number of methoxy groups -OCH3 is 1. The molecule has 3 aromatic rings. The fraction of sp³-hybridized carbons (Fsp3) is 0.105. The second kappa shape index (κ2) is 8.77. The lowest BCUT2D eigenvalue weighted by Gasteiger charge is -2.12. The highest BCUT2D eigenvalue weighted by Gasteiger charge is 2.08. The van der Waals surface area contributed by atoms with Crippen LogP contribution in [0.2, 0.25) is 0 Å². The molecular weight excluding hydrogens is 348 g/mol. The zero-order valence-electron chi connectivity index (χ0n) is 14.2. The van der Waals surface area contributed by atoms with Crippen LogP contribution in [0, 0.1) is 0 Å². The van der Waals surface area contributed by atoms with Gasteiger partial charge in [-0.25, -0.2) is 0 Å². The maximum atomic E-state index is 5.74. The molecular formula is C19H18N4O2S. The van der Waals surface area contributed by atoms with Crippen LogP contribution in [0.3, 0.4) is 0 Å². The molecule has 0 atom stereocenters. The van der Waals surface area contributed by atoms with E-state index in [-0.39, 0.29) is 0 Å². The summed E-state index contributed by atoms with van der Waals surface area (Å²) in [5.74, 6) is 1.69. The van der Waals surface area contributed by atoms with Gasteiger partial charge in [-0.2, -0.15) is 9.97 Å². The van der Waals surface area contributed by atoms with Crippen molar-refractivity contribution in [3.63, 3.8) is 0 Å². The zero-order valence-corrected chi connectivity index (χ0v) is 15.0. The molecule has 0 unspecified atom stereocenters. The Morgan fingerprint density at radius 2 is 1.62 bits per heavy atom. The van der Waals surface area contributed by atoms with Gasteiger partial charge in [0.15, 0.2) is 5.11 Å². The molecule has 0 saturated heterocycles. The smallest absolute Gasteiger partial charge is 0.235 e. The maximum absolute atomic E-state index is 5.74. The third-order valence-electron chi connectivity index (χ3n) is 3.38. The second-order valence-corrected chi connectivity index (χ2v) is 5.69. The number of nitrogens with one attached hydrogen (secondary N) is 2. The van der Waals surface area contributed by atoms with Crippen molar-refractivity contribution in [3.8, 4) is 17.5 Å². The van der Waals surface area contributed by atoms with E-state index in [1.165, 1.54) is 7.11 Å². The summed E-state index contributed by atoms with van der Waals surface area (Å²) in [5.41, 5.74) is 1.12. The molecule has 1 aromatic heterocycles. The summed E-state index contributed by atoms with van der Waals surface area (Å²) in [6.45, 7) is 0.601. The van der Waals surface area contributed by atoms with Crippen molar-refractivity contribution in [1.82, 2.24) is 15.3 Å². The van der Waals surface area contributed by atoms with E-state index in [0.29, 0.717) is 35.1 Å². The predicted molar refractivity (Wildman–Crippen MR) is 105 cm³/mol. The highest BCUT2D eigenvalue weighted by molar-refractivity contribution is 7.80. The third-order valence-corrected chi connectivity index (χ3v) is 3.62. The van der Waals surface area contributed by atoms with Crippen LogP contribution in [-0.4, -0.2) is 22.2 Å². The Balaban J connectivity index is 1.66. The van der Waals surface area contributed by atoms with E-state index in [2.05, 4.69) is 20.6 Å². The number of ether oxygens (including phenoxy) is 2. The number of thiocarbonyl (C=S) groups is 1. The summed E-state index contributed by atoms with van der Waals surface area (Å²) in [7, 11) is 1.53. The Morgan fingerprint density at radius 1 is 0.962 bits per heavy atom. The van der Waals surface area contributed by atoms with Crippen LogP contribution in [0.4, 0.5) is 5.95 Å². The Hall–Kier alpha value is -3.19. The molecule has 6 nitrogen and oxygen atoms in total. The van der Waals surface area contributed by atoms with Gasteiger partial charge in [0.2, 0.25) is 17.7 Å². The Bertz CT molecular complexity index is 860. The molecule has 3 rings (SSSR count). The van der Waals surface area contributed by atoms with Gasteiger partial charge in [-0.15, -0.1) is 0 Å². The van der Waals surface area contributed by atoms with E-state index >= 15 is 0 Å². The monoisotopic (exact) mass is 366 g/mol. The number of para-hydroxylation sites is 1. The first-order valence-electron chi connectivity index (χ1n) is 7.97. The van der Waals surface area contributed by atoms with E-state index in [1.807, 2.05) is 60.7 Å². The molecule has 0 saturated carbocycles. The Morgan fingerprint density at radius 3 is 2.31 bits per heavy atom. The molecule has 0 amide bonds. The molecule has 26 heavy (non-hydrogen) atoms. The number of rotatable bonds is 6. The van der Waals surface area contributed by atoms with Crippen LogP contribution < -0.4 is 20.1 Å². The number of benzene rings is 2. The molecule has 132 valence electrons. The van der Waals surface area contributed by atoms with Crippen molar-refractivity contribution >= 4 is 23.3 Å². The summed E-state index contributed by atoms with van der Waals surface area (Å²) in [6, 6.07) is 20.9. The van der Waals surface area contributed by atoms with Crippen LogP contribution in [0.25, 0.3) is 0 Å². The van der Waals surface area contributed by atoms with Gasteiger partial charge in [0.1, 0.15) is 5.75 Å². The van der Waals surface area contributed by atoms with E-state index in [1.54, 1.807) is 6.07 Å². The zero-order chi connectivity index (χ0) is 18.2. The van der Waals surface area contributed by atoms with Crippen LogP contribution in [0.5, 0.6) is 17.5 Å². The molecule has 2 N–H and O–H groups in total.